The molecule has 0 aliphatic carbocycles. The first-order valence-electron chi connectivity index (χ1n) is 11.5. The van der Waals surface area contributed by atoms with Crippen LogP contribution in [0.25, 0.3) is 23.0 Å². The fraction of sp³-hybridized carbons (Fsp3) is 0.148. The maximum absolute atomic E-state index is 13.8. The number of carbonyl (C=O) groups is 2. The zero-order valence-electron chi connectivity index (χ0n) is 19.7. The number of non-ortho nitro benzene ring substituents is 1. The number of nitro benzene ring substituents is 1. The topological polar surface area (TPSA) is 152 Å². The summed E-state index contributed by atoms with van der Waals surface area (Å²) in [7, 11) is -3.43. The number of nitro groups is 1. The standard InChI is InChI=1S/C27H19N3O7S/c28-15-23-25(17-5-2-1-3-6-17)22(26(31)29(27(23)32)20-11-12-38(35,36)16-20)14-21-9-10-24(37-21)18-7-4-8-19(13-18)30(33)34/h1-10,13-14,20H,11-12,16H2/b22-14+/t20-/m0/s1. The fourth-order valence-electron chi connectivity index (χ4n) is 4.64. The van der Waals surface area contributed by atoms with E-state index in [1.807, 2.05) is 6.07 Å². The lowest BCUT2D eigenvalue weighted by molar-refractivity contribution is -0.384. The number of amides is 2. The smallest absolute Gasteiger partial charge is 0.272 e. The molecule has 2 aliphatic rings. The third kappa shape index (κ3) is 4.53. The molecule has 0 unspecified atom stereocenters. The molecule has 1 saturated heterocycles. The molecule has 2 aromatic carbocycles. The van der Waals surface area contributed by atoms with Crippen LogP contribution in [-0.4, -0.2) is 47.6 Å². The van der Waals surface area contributed by atoms with Gasteiger partial charge in [0.25, 0.3) is 17.5 Å². The Bertz CT molecular complexity index is 1700. The van der Waals surface area contributed by atoms with Gasteiger partial charge in [0.2, 0.25) is 0 Å². The molecule has 1 aromatic heterocycles. The highest BCUT2D eigenvalue weighted by atomic mass is 32.2. The minimum Gasteiger partial charge on any atom is -0.457 e. The van der Waals surface area contributed by atoms with Crippen LogP contribution in [0.15, 0.2) is 82.3 Å². The molecule has 0 spiro atoms. The van der Waals surface area contributed by atoms with Crippen molar-refractivity contribution in [3.8, 4) is 17.4 Å². The monoisotopic (exact) mass is 529 g/mol. The van der Waals surface area contributed by atoms with Crippen molar-refractivity contribution >= 4 is 39.0 Å². The second-order valence-corrected chi connectivity index (χ2v) is 11.1. The van der Waals surface area contributed by atoms with E-state index in [0.717, 1.165) is 4.90 Å². The van der Waals surface area contributed by atoms with Crippen LogP contribution in [0.5, 0.6) is 0 Å². The SMILES string of the molecule is N#CC1=C(c2ccccc2)/C(=C\c2ccc(-c3cccc([N+](=O)[O-])c3)o2)C(=O)N([C@H]2CCS(=O)(=O)C2)C1=O. The Labute approximate surface area is 217 Å². The molecule has 0 N–H and O–H groups in total. The van der Waals surface area contributed by atoms with Gasteiger partial charge in [-0.3, -0.25) is 24.6 Å². The number of sulfone groups is 1. The van der Waals surface area contributed by atoms with Crippen LogP contribution >= 0.6 is 0 Å². The van der Waals surface area contributed by atoms with Gasteiger partial charge in [0.15, 0.2) is 9.84 Å². The summed E-state index contributed by atoms with van der Waals surface area (Å²) >= 11 is 0. The summed E-state index contributed by atoms with van der Waals surface area (Å²) in [5, 5.41) is 21.1. The molecule has 1 atom stereocenters. The van der Waals surface area contributed by atoms with Crippen LogP contribution in [0.4, 0.5) is 5.69 Å². The van der Waals surface area contributed by atoms with Gasteiger partial charge in [0, 0.05) is 23.3 Å². The Morgan fingerprint density at radius 1 is 1.03 bits per heavy atom. The highest BCUT2D eigenvalue weighted by Crippen LogP contribution is 2.37. The predicted molar refractivity (Wildman–Crippen MR) is 137 cm³/mol. The molecular weight excluding hydrogens is 510 g/mol. The van der Waals surface area contributed by atoms with Crippen molar-refractivity contribution in [3.63, 3.8) is 0 Å². The molecule has 10 nitrogen and oxygen atoms in total. The van der Waals surface area contributed by atoms with E-state index in [4.69, 9.17) is 4.42 Å². The molecule has 0 saturated carbocycles. The molecule has 3 heterocycles. The minimum absolute atomic E-state index is 0.00316. The molecule has 0 bridgehead atoms. The van der Waals surface area contributed by atoms with Crippen LogP contribution in [0, 0.1) is 21.4 Å². The first kappa shape index (κ1) is 24.9. The number of carbonyl (C=O) groups excluding carboxylic acids is 2. The molecule has 190 valence electrons. The Kier molecular flexibility index (Phi) is 6.26. The van der Waals surface area contributed by atoms with Gasteiger partial charge in [-0.25, -0.2) is 8.42 Å². The van der Waals surface area contributed by atoms with E-state index < -0.39 is 32.6 Å². The largest absolute Gasteiger partial charge is 0.457 e. The Balaban J connectivity index is 1.64. The van der Waals surface area contributed by atoms with Crippen LogP contribution in [0.2, 0.25) is 0 Å². The summed E-state index contributed by atoms with van der Waals surface area (Å²) in [6.45, 7) is 0. The highest BCUT2D eigenvalue weighted by molar-refractivity contribution is 7.91. The van der Waals surface area contributed by atoms with Crippen LogP contribution in [0.3, 0.4) is 0 Å². The van der Waals surface area contributed by atoms with Gasteiger partial charge in [-0.05, 0) is 30.2 Å². The third-order valence-corrected chi connectivity index (χ3v) is 8.15. The van der Waals surface area contributed by atoms with Crippen molar-refractivity contribution < 1.29 is 27.3 Å². The molecule has 1 fully saturated rings. The number of nitrogens with zero attached hydrogens (tertiary/aromatic N) is 3. The number of hydrogen-bond acceptors (Lipinski definition) is 8. The zero-order chi connectivity index (χ0) is 27.0. The molecular formula is C27H19N3O7S. The van der Waals surface area contributed by atoms with Gasteiger partial charge >= 0.3 is 0 Å². The lowest BCUT2D eigenvalue weighted by Gasteiger charge is -2.32. The number of hydrogen-bond donors (Lipinski definition) is 0. The number of rotatable bonds is 5. The second-order valence-electron chi connectivity index (χ2n) is 8.83. The van der Waals surface area contributed by atoms with E-state index in [1.165, 1.54) is 24.3 Å². The lowest BCUT2D eigenvalue weighted by atomic mass is 9.87. The van der Waals surface area contributed by atoms with Crippen molar-refractivity contribution in [3.05, 3.63) is 99.3 Å². The van der Waals surface area contributed by atoms with E-state index in [9.17, 15) is 33.4 Å². The molecule has 0 radical (unpaired) electrons. The van der Waals surface area contributed by atoms with Crippen molar-refractivity contribution in [2.24, 2.45) is 0 Å². The summed E-state index contributed by atoms with van der Waals surface area (Å²) in [4.78, 5) is 38.6. The third-order valence-electron chi connectivity index (χ3n) is 6.40. The van der Waals surface area contributed by atoms with E-state index in [0.29, 0.717) is 16.9 Å². The van der Waals surface area contributed by atoms with Crippen LogP contribution < -0.4 is 0 Å². The van der Waals surface area contributed by atoms with Crippen LogP contribution in [0.1, 0.15) is 17.7 Å². The van der Waals surface area contributed by atoms with E-state index in [-0.39, 0.29) is 46.1 Å². The van der Waals surface area contributed by atoms with Gasteiger partial charge in [0.1, 0.15) is 23.2 Å². The van der Waals surface area contributed by atoms with Crippen molar-refractivity contribution in [1.82, 2.24) is 4.90 Å². The maximum Gasteiger partial charge on any atom is 0.272 e. The summed E-state index contributed by atoms with van der Waals surface area (Å²) in [5.74, 6) is -1.58. The zero-order valence-corrected chi connectivity index (χ0v) is 20.6. The normalized spacial score (nSPS) is 20.1. The summed E-state index contributed by atoms with van der Waals surface area (Å²) < 4.78 is 30.1. The van der Waals surface area contributed by atoms with Crippen LogP contribution in [-0.2, 0) is 19.4 Å². The second kappa shape index (κ2) is 9.57. The molecule has 3 aromatic rings. The highest BCUT2D eigenvalue weighted by Gasteiger charge is 2.45. The Morgan fingerprint density at radius 2 is 1.76 bits per heavy atom. The molecule has 38 heavy (non-hydrogen) atoms. The van der Waals surface area contributed by atoms with Gasteiger partial charge in [0.05, 0.1) is 28.0 Å². The predicted octanol–water partition coefficient (Wildman–Crippen LogP) is 3.77. The number of benzene rings is 2. The van der Waals surface area contributed by atoms with Gasteiger partial charge in [-0.2, -0.15) is 5.26 Å². The average molecular weight is 530 g/mol. The van der Waals surface area contributed by atoms with Crippen molar-refractivity contribution in [1.29, 1.82) is 5.26 Å². The van der Waals surface area contributed by atoms with E-state index in [2.05, 4.69) is 0 Å². The van der Waals surface area contributed by atoms with Gasteiger partial charge < -0.3 is 4.42 Å². The summed E-state index contributed by atoms with van der Waals surface area (Å²) in [6.07, 6.45) is 1.48. The lowest BCUT2D eigenvalue weighted by Crippen LogP contribution is -2.49. The van der Waals surface area contributed by atoms with E-state index >= 15 is 0 Å². The molecule has 5 rings (SSSR count). The number of nitriles is 1. The molecule has 2 amide bonds. The maximum atomic E-state index is 13.8. The summed E-state index contributed by atoms with van der Waals surface area (Å²) in [6, 6.07) is 18.5. The Hall–Kier alpha value is -4.82. The van der Waals surface area contributed by atoms with Crippen molar-refractivity contribution in [2.75, 3.05) is 11.5 Å². The first-order valence-corrected chi connectivity index (χ1v) is 13.4. The minimum atomic E-state index is -3.43. The van der Waals surface area contributed by atoms with Gasteiger partial charge in [-0.1, -0.05) is 42.5 Å². The van der Waals surface area contributed by atoms with Crippen molar-refractivity contribution in [2.45, 2.75) is 12.5 Å². The number of imide groups is 1. The fourth-order valence-corrected chi connectivity index (χ4v) is 6.34. The van der Waals surface area contributed by atoms with Gasteiger partial charge in [-0.15, -0.1) is 0 Å². The average Bonchev–Trinajstić information content (AvgIpc) is 3.52. The Morgan fingerprint density at radius 3 is 2.42 bits per heavy atom. The molecule has 11 heteroatoms. The summed E-state index contributed by atoms with van der Waals surface area (Å²) in [5.41, 5.74) is 0.626. The number of furan rings is 1. The van der Waals surface area contributed by atoms with E-state index in [1.54, 1.807) is 48.5 Å². The molecule has 2 aliphatic heterocycles. The quantitative estimate of drug-likeness (QED) is 0.210. The first-order chi connectivity index (χ1) is 18.2.